The number of allylic oxidation sites excluding steroid dienone is 1. The fraction of sp³-hybridized carbons (Fsp3) is 0.353. The lowest BCUT2D eigenvalue weighted by molar-refractivity contribution is -0.435. The molecule has 0 radical (unpaired) electrons. The quantitative estimate of drug-likeness (QED) is 0.130. The molecule has 0 aromatic heterocycles. The highest BCUT2D eigenvalue weighted by Crippen LogP contribution is 2.45. The third kappa shape index (κ3) is 8.15. The molecule has 0 amide bonds. The van der Waals surface area contributed by atoms with Crippen LogP contribution in [0, 0.1) is 0 Å². The van der Waals surface area contributed by atoms with Gasteiger partial charge in [-0.1, -0.05) is 108 Å². The summed E-state index contributed by atoms with van der Waals surface area (Å²) in [5.74, 6) is 0.431. The van der Waals surface area contributed by atoms with Gasteiger partial charge in [-0.25, -0.2) is 0 Å². The van der Waals surface area contributed by atoms with E-state index in [2.05, 4.69) is 199 Å². The Morgan fingerprint density at radius 2 is 1.04 bits per heavy atom. The van der Waals surface area contributed by atoms with Crippen molar-refractivity contribution in [2.75, 3.05) is 42.5 Å². The van der Waals surface area contributed by atoms with Crippen LogP contribution >= 0.6 is 0 Å². The van der Waals surface area contributed by atoms with Gasteiger partial charge in [-0.3, -0.25) is 0 Å². The minimum atomic E-state index is -0.186. The minimum Gasteiger partial charge on any atom is -0.507 e. The second-order valence-electron chi connectivity index (χ2n) is 16.9. The Bertz CT molecular complexity index is 2060. The van der Waals surface area contributed by atoms with E-state index in [9.17, 15) is 5.11 Å². The van der Waals surface area contributed by atoms with Gasteiger partial charge in [0, 0.05) is 61.2 Å². The predicted molar refractivity (Wildman–Crippen MR) is 237 cm³/mol. The average Bonchev–Trinajstić information content (AvgIpc) is 3.49. The third-order valence-electron chi connectivity index (χ3n) is 11.2. The Kier molecular flexibility index (Phi) is 11.8. The van der Waals surface area contributed by atoms with Crippen molar-refractivity contribution in [1.29, 1.82) is 0 Å². The van der Waals surface area contributed by atoms with E-state index >= 15 is 0 Å². The van der Waals surface area contributed by atoms with Gasteiger partial charge in [0.1, 0.15) is 5.75 Å². The fourth-order valence-electron chi connectivity index (χ4n) is 8.22. The number of aromatic hydroxyl groups is 1. The summed E-state index contributed by atoms with van der Waals surface area (Å²) in [4.78, 5) is 4.81. The van der Waals surface area contributed by atoms with E-state index in [1.807, 2.05) is 0 Å². The van der Waals surface area contributed by atoms with Gasteiger partial charge in [0.05, 0.1) is 11.1 Å². The molecule has 4 nitrogen and oxygen atoms in total. The smallest absolute Gasteiger partial charge is 0.221 e. The van der Waals surface area contributed by atoms with E-state index in [1.165, 1.54) is 61.7 Å². The van der Waals surface area contributed by atoms with Crippen LogP contribution in [-0.4, -0.2) is 48.1 Å². The zero-order valence-electron chi connectivity index (χ0n) is 35.0. The Labute approximate surface area is 331 Å². The lowest BCUT2D eigenvalue weighted by atomic mass is 9.78. The molecule has 1 heterocycles. The number of benzene rings is 5. The number of phenols is 1. The average molecular weight is 733 g/mol. The standard InChI is InChI=1S/C51H61N3O/c1-11-52(12-2)40-28-24-37(25-29-40)46(38-26-30-41(31-27-38)53(13-3)14-4)47-42-22-18-19-23-45(42)54(48(47)39-20-16-15-17-21-39)33-32-36-34-43(50(5,6)7)49(55)44(35-36)51(8,9)10/h15-31,34-35H,11-14,32-33H2,1-10H3/p+1. The number of rotatable bonds is 12. The van der Waals surface area contributed by atoms with Crippen LogP contribution in [0.5, 0.6) is 5.75 Å². The zero-order valence-corrected chi connectivity index (χ0v) is 35.0. The second kappa shape index (κ2) is 16.3. The van der Waals surface area contributed by atoms with E-state index in [0.717, 1.165) is 50.3 Å². The van der Waals surface area contributed by atoms with Crippen LogP contribution in [0.1, 0.15) is 108 Å². The van der Waals surface area contributed by atoms with Crippen LogP contribution in [-0.2, 0) is 17.3 Å². The van der Waals surface area contributed by atoms with Crippen LogP contribution in [0.25, 0.3) is 11.1 Å². The third-order valence-corrected chi connectivity index (χ3v) is 11.2. The molecule has 0 aliphatic carbocycles. The van der Waals surface area contributed by atoms with Gasteiger partial charge in [-0.15, -0.1) is 0 Å². The maximum Gasteiger partial charge on any atom is 0.221 e. The highest BCUT2D eigenvalue weighted by atomic mass is 16.3. The first-order valence-electron chi connectivity index (χ1n) is 20.4. The van der Waals surface area contributed by atoms with Gasteiger partial charge < -0.3 is 14.9 Å². The van der Waals surface area contributed by atoms with Crippen LogP contribution in [0.15, 0.2) is 115 Å². The lowest BCUT2D eigenvalue weighted by Crippen LogP contribution is -2.21. The van der Waals surface area contributed by atoms with Crippen molar-refractivity contribution in [2.24, 2.45) is 0 Å². The second-order valence-corrected chi connectivity index (χ2v) is 16.9. The molecule has 1 aliphatic rings. The van der Waals surface area contributed by atoms with Crippen molar-refractivity contribution in [3.8, 4) is 5.75 Å². The van der Waals surface area contributed by atoms with Gasteiger partial charge in [0.25, 0.3) is 0 Å². The summed E-state index contributed by atoms with van der Waals surface area (Å²) in [5.41, 5.74) is 15.2. The molecule has 4 heteroatoms. The van der Waals surface area contributed by atoms with Crippen LogP contribution in [0.2, 0.25) is 0 Å². The van der Waals surface area contributed by atoms with E-state index in [0.29, 0.717) is 5.75 Å². The molecule has 1 N–H and O–H groups in total. The molecule has 0 spiro atoms. The molecule has 0 fully saturated rings. The van der Waals surface area contributed by atoms with Crippen LogP contribution < -0.4 is 9.80 Å². The van der Waals surface area contributed by atoms with Crippen molar-refractivity contribution in [2.45, 2.75) is 86.5 Å². The van der Waals surface area contributed by atoms with Gasteiger partial charge in [-0.05, 0) is 109 Å². The lowest BCUT2D eigenvalue weighted by Gasteiger charge is -2.28. The SMILES string of the molecule is CCN(CC)c1ccc(C(=C2C(c3ccccc3)=[N+](CCc3cc(C(C)(C)C)c(O)c(C(C)(C)C)c3)c3ccccc32)c2ccc(N(CC)CC)cc2)cc1. The maximum absolute atomic E-state index is 11.5. The topological polar surface area (TPSA) is 29.7 Å². The number of phenolic OH excluding ortho intramolecular Hbond substituents is 1. The highest BCUT2D eigenvalue weighted by molar-refractivity contribution is 6.38. The summed E-state index contributed by atoms with van der Waals surface area (Å²) in [5, 5.41) is 11.5. The van der Waals surface area contributed by atoms with E-state index < -0.39 is 0 Å². The largest absolute Gasteiger partial charge is 0.507 e. The monoisotopic (exact) mass is 732 g/mol. The highest BCUT2D eigenvalue weighted by Gasteiger charge is 2.38. The van der Waals surface area contributed by atoms with Gasteiger partial charge in [0.2, 0.25) is 11.4 Å². The van der Waals surface area contributed by atoms with Crippen LogP contribution in [0.4, 0.5) is 17.1 Å². The summed E-state index contributed by atoms with van der Waals surface area (Å²) in [6, 6.07) is 42.8. The number of para-hydroxylation sites is 1. The number of hydrogen-bond acceptors (Lipinski definition) is 3. The predicted octanol–water partition coefficient (Wildman–Crippen LogP) is 12.0. The molecule has 0 saturated heterocycles. The number of hydrogen-bond donors (Lipinski definition) is 1. The summed E-state index contributed by atoms with van der Waals surface area (Å²) >= 11 is 0. The molecule has 0 atom stereocenters. The molecule has 5 aromatic carbocycles. The Morgan fingerprint density at radius 1 is 0.582 bits per heavy atom. The first-order chi connectivity index (χ1) is 26.3. The zero-order chi connectivity index (χ0) is 39.5. The van der Waals surface area contributed by atoms with E-state index in [-0.39, 0.29) is 10.8 Å². The summed E-state index contributed by atoms with van der Waals surface area (Å²) in [6.45, 7) is 26.7. The molecular weight excluding hydrogens is 671 g/mol. The van der Waals surface area contributed by atoms with Gasteiger partial charge in [-0.2, -0.15) is 4.58 Å². The van der Waals surface area contributed by atoms with E-state index in [4.69, 9.17) is 0 Å². The van der Waals surface area contributed by atoms with Crippen molar-refractivity contribution in [1.82, 2.24) is 0 Å². The molecular formula is C51H62N3O+. The van der Waals surface area contributed by atoms with Gasteiger partial charge >= 0.3 is 0 Å². The number of anilines is 2. The van der Waals surface area contributed by atoms with Crippen molar-refractivity contribution >= 4 is 33.9 Å². The Morgan fingerprint density at radius 3 is 1.49 bits per heavy atom. The molecule has 286 valence electrons. The first-order valence-corrected chi connectivity index (χ1v) is 20.4. The molecule has 1 aliphatic heterocycles. The number of fused-ring (bicyclic) bond motifs is 1. The van der Waals surface area contributed by atoms with Crippen molar-refractivity contribution in [3.63, 3.8) is 0 Å². The Hall–Kier alpha value is -5.09. The van der Waals surface area contributed by atoms with Crippen LogP contribution in [0.3, 0.4) is 0 Å². The van der Waals surface area contributed by atoms with Crippen molar-refractivity contribution < 1.29 is 9.68 Å². The molecule has 0 bridgehead atoms. The molecule has 55 heavy (non-hydrogen) atoms. The molecule has 6 rings (SSSR count). The van der Waals surface area contributed by atoms with E-state index in [1.54, 1.807) is 0 Å². The fourth-order valence-corrected chi connectivity index (χ4v) is 8.22. The van der Waals surface area contributed by atoms with Gasteiger partial charge in [0.15, 0.2) is 6.54 Å². The summed E-state index contributed by atoms with van der Waals surface area (Å²) < 4.78 is 2.55. The number of nitrogens with zero attached hydrogens (tertiary/aromatic N) is 3. The molecule has 0 unspecified atom stereocenters. The molecule has 0 saturated carbocycles. The minimum absolute atomic E-state index is 0.186. The maximum atomic E-state index is 11.5. The van der Waals surface area contributed by atoms with Crippen molar-refractivity contribution in [3.05, 3.63) is 154 Å². The summed E-state index contributed by atoms with van der Waals surface area (Å²) in [7, 11) is 0. The molecule has 5 aromatic rings. The summed E-state index contributed by atoms with van der Waals surface area (Å²) in [6.07, 6.45) is 0.830. The Balaban J connectivity index is 1.61. The first kappa shape index (κ1) is 39.6. The normalized spacial score (nSPS) is 12.9.